The summed E-state index contributed by atoms with van der Waals surface area (Å²) in [6.07, 6.45) is 0. The molecule has 28 heavy (non-hydrogen) atoms. The average Bonchev–Trinajstić information content (AvgIpc) is 2.58. The summed E-state index contributed by atoms with van der Waals surface area (Å²) in [5.41, 5.74) is -0.0804. The maximum atomic E-state index is 13.8. The smallest absolute Gasteiger partial charge is 0.257 e. The Morgan fingerprint density at radius 2 is 1.57 bits per heavy atom. The van der Waals surface area contributed by atoms with Gasteiger partial charge in [0.1, 0.15) is 23.2 Å². The molecule has 4 nitrogen and oxygen atoms in total. The van der Waals surface area contributed by atoms with Crippen molar-refractivity contribution in [2.45, 2.75) is 32.9 Å². The Bertz CT molecular complexity index is 870. The van der Waals surface area contributed by atoms with E-state index >= 15 is 0 Å². The zero-order valence-corrected chi connectivity index (χ0v) is 17.0. The molecule has 0 aromatic heterocycles. The first-order valence-corrected chi connectivity index (χ1v) is 9.37. The first-order chi connectivity index (χ1) is 13.1. The fraction of sp³-hybridized carbons (Fsp3) is 0.300. The highest BCUT2D eigenvalue weighted by molar-refractivity contribution is 6.35. The van der Waals surface area contributed by atoms with Crippen molar-refractivity contribution in [3.8, 4) is 0 Å². The fourth-order valence-corrected chi connectivity index (χ4v) is 3.27. The van der Waals surface area contributed by atoms with E-state index in [1.54, 1.807) is 39.0 Å². The molecule has 2 aromatic rings. The maximum absolute atomic E-state index is 13.8. The second kappa shape index (κ2) is 9.34. The van der Waals surface area contributed by atoms with E-state index in [1.165, 1.54) is 0 Å². The third-order valence-corrected chi connectivity index (χ3v) is 4.78. The van der Waals surface area contributed by atoms with Gasteiger partial charge in [0.05, 0.1) is 6.04 Å². The third-order valence-electron chi connectivity index (χ3n) is 4.21. The third kappa shape index (κ3) is 5.20. The highest BCUT2D eigenvalue weighted by atomic mass is 35.5. The van der Waals surface area contributed by atoms with E-state index < -0.39 is 41.1 Å². The van der Waals surface area contributed by atoms with Gasteiger partial charge in [0.25, 0.3) is 5.91 Å². The number of halogens is 4. The van der Waals surface area contributed by atoms with Gasteiger partial charge in [-0.25, -0.2) is 8.78 Å². The van der Waals surface area contributed by atoms with E-state index in [4.69, 9.17) is 23.2 Å². The summed E-state index contributed by atoms with van der Waals surface area (Å²) in [6.45, 7) is 5.15. The van der Waals surface area contributed by atoms with Crippen molar-refractivity contribution in [3.63, 3.8) is 0 Å². The fourth-order valence-electron chi connectivity index (χ4n) is 2.70. The molecule has 0 aliphatic rings. The molecule has 0 aliphatic carbocycles. The van der Waals surface area contributed by atoms with Gasteiger partial charge >= 0.3 is 0 Å². The summed E-state index contributed by atoms with van der Waals surface area (Å²) in [7, 11) is 0. The topological polar surface area (TPSA) is 58.2 Å². The second-order valence-corrected chi connectivity index (χ2v) is 7.53. The number of carbonyl (C=O) groups excluding carboxylic acids is 2. The highest BCUT2D eigenvalue weighted by Gasteiger charge is 2.28. The van der Waals surface area contributed by atoms with E-state index in [0.29, 0.717) is 15.6 Å². The molecule has 2 atom stereocenters. The lowest BCUT2D eigenvalue weighted by Crippen LogP contribution is -2.50. The predicted octanol–water partition coefficient (Wildman–Crippen LogP) is 4.90. The van der Waals surface area contributed by atoms with Gasteiger partial charge in [-0.2, -0.15) is 0 Å². The Morgan fingerprint density at radius 1 is 0.964 bits per heavy atom. The van der Waals surface area contributed by atoms with Gasteiger partial charge in [0, 0.05) is 10.0 Å². The number of amides is 2. The van der Waals surface area contributed by atoms with Gasteiger partial charge in [-0.05, 0) is 42.7 Å². The summed E-state index contributed by atoms with van der Waals surface area (Å²) < 4.78 is 27.7. The molecule has 0 aliphatic heterocycles. The zero-order chi connectivity index (χ0) is 21.0. The predicted molar refractivity (Wildman–Crippen MR) is 105 cm³/mol. The van der Waals surface area contributed by atoms with Crippen molar-refractivity contribution in [1.82, 2.24) is 10.6 Å². The Labute approximate surface area is 172 Å². The molecule has 0 unspecified atom stereocenters. The number of hydrogen-bond donors (Lipinski definition) is 2. The lowest BCUT2D eigenvalue weighted by Gasteiger charge is -2.24. The molecule has 0 saturated heterocycles. The van der Waals surface area contributed by atoms with Crippen molar-refractivity contribution >= 4 is 35.0 Å². The van der Waals surface area contributed by atoms with Crippen LogP contribution in [0.1, 0.15) is 42.7 Å². The molecule has 0 fully saturated rings. The number of nitrogens with one attached hydrogen (secondary N) is 2. The van der Waals surface area contributed by atoms with Crippen LogP contribution in [0.4, 0.5) is 8.78 Å². The van der Waals surface area contributed by atoms with Crippen LogP contribution in [0.3, 0.4) is 0 Å². The SMILES string of the molecule is CC(C)[C@@H](NC(=O)c1c(F)cccc1F)C(=O)N[C@@H](C)c1ccc(Cl)cc1Cl. The molecule has 150 valence electrons. The van der Waals surface area contributed by atoms with Gasteiger partial charge in [0.2, 0.25) is 5.91 Å². The average molecular weight is 429 g/mol. The van der Waals surface area contributed by atoms with Gasteiger partial charge in [-0.1, -0.05) is 49.2 Å². The molecular formula is C20H20Cl2F2N2O2. The number of hydrogen-bond acceptors (Lipinski definition) is 2. The van der Waals surface area contributed by atoms with Gasteiger partial charge in [-0.15, -0.1) is 0 Å². The standard InChI is InChI=1S/C20H20Cl2F2N2O2/c1-10(2)18(26-19(27)17-15(23)5-4-6-16(17)24)20(28)25-11(3)13-8-7-12(21)9-14(13)22/h4-11,18H,1-3H3,(H,25,28)(H,26,27)/t11-,18+/m0/s1. The van der Waals surface area contributed by atoms with Crippen molar-refractivity contribution in [1.29, 1.82) is 0 Å². The van der Waals surface area contributed by atoms with E-state index in [-0.39, 0.29) is 5.92 Å². The van der Waals surface area contributed by atoms with Crippen LogP contribution in [0, 0.1) is 17.6 Å². The minimum Gasteiger partial charge on any atom is -0.348 e. The lowest BCUT2D eigenvalue weighted by molar-refractivity contribution is -0.124. The van der Waals surface area contributed by atoms with Crippen molar-refractivity contribution in [2.75, 3.05) is 0 Å². The van der Waals surface area contributed by atoms with Crippen LogP contribution < -0.4 is 10.6 Å². The normalized spacial score (nSPS) is 13.1. The largest absolute Gasteiger partial charge is 0.348 e. The summed E-state index contributed by atoms with van der Waals surface area (Å²) in [5, 5.41) is 6.02. The van der Waals surface area contributed by atoms with E-state index in [2.05, 4.69) is 10.6 Å². The summed E-state index contributed by atoms with van der Waals surface area (Å²) in [4.78, 5) is 25.0. The summed E-state index contributed by atoms with van der Waals surface area (Å²) >= 11 is 12.0. The maximum Gasteiger partial charge on any atom is 0.257 e. The van der Waals surface area contributed by atoms with Crippen molar-refractivity contribution < 1.29 is 18.4 Å². The Morgan fingerprint density at radius 3 is 2.11 bits per heavy atom. The molecule has 2 N–H and O–H groups in total. The number of rotatable bonds is 6. The lowest BCUT2D eigenvalue weighted by atomic mass is 10.0. The first-order valence-electron chi connectivity index (χ1n) is 8.62. The molecule has 0 spiro atoms. The Balaban J connectivity index is 2.17. The van der Waals surface area contributed by atoms with Crippen LogP contribution in [0.15, 0.2) is 36.4 Å². The van der Waals surface area contributed by atoms with E-state index in [1.807, 2.05) is 0 Å². The zero-order valence-electron chi connectivity index (χ0n) is 15.5. The molecular weight excluding hydrogens is 409 g/mol. The minimum atomic E-state index is -1.000. The molecule has 2 amide bonds. The highest BCUT2D eigenvalue weighted by Crippen LogP contribution is 2.26. The molecule has 0 heterocycles. The van der Waals surface area contributed by atoms with Gasteiger partial charge < -0.3 is 10.6 Å². The van der Waals surface area contributed by atoms with Crippen LogP contribution in [0.5, 0.6) is 0 Å². The number of benzene rings is 2. The van der Waals surface area contributed by atoms with Crippen LogP contribution in [0.2, 0.25) is 10.0 Å². The van der Waals surface area contributed by atoms with Gasteiger partial charge in [0.15, 0.2) is 0 Å². The van der Waals surface area contributed by atoms with E-state index in [9.17, 15) is 18.4 Å². The van der Waals surface area contributed by atoms with Crippen molar-refractivity contribution in [2.24, 2.45) is 5.92 Å². The Kier molecular flexibility index (Phi) is 7.38. The van der Waals surface area contributed by atoms with Crippen LogP contribution in [-0.2, 0) is 4.79 Å². The van der Waals surface area contributed by atoms with Crippen LogP contribution >= 0.6 is 23.2 Å². The molecule has 0 radical (unpaired) electrons. The van der Waals surface area contributed by atoms with Gasteiger partial charge in [-0.3, -0.25) is 9.59 Å². The first kappa shape index (κ1) is 22.1. The molecule has 8 heteroatoms. The minimum absolute atomic E-state index is 0.327. The van der Waals surface area contributed by atoms with Crippen molar-refractivity contribution in [3.05, 3.63) is 69.2 Å². The molecule has 0 bridgehead atoms. The number of carbonyl (C=O) groups is 2. The van der Waals surface area contributed by atoms with Crippen LogP contribution in [0.25, 0.3) is 0 Å². The summed E-state index contributed by atoms with van der Waals surface area (Å²) in [6, 6.07) is 6.54. The van der Waals surface area contributed by atoms with Crippen LogP contribution in [-0.4, -0.2) is 17.9 Å². The quantitative estimate of drug-likeness (QED) is 0.686. The summed E-state index contributed by atoms with van der Waals surface area (Å²) in [5.74, 6) is -3.82. The second-order valence-electron chi connectivity index (χ2n) is 6.69. The molecule has 2 aromatic carbocycles. The monoisotopic (exact) mass is 428 g/mol. The Hall–Kier alpha value is -2.18. The molecule has 2 rings (SSSR count). The van der Waals surface area contributed by atoms with E-state index in [0.717, 1.165) is 18.2 Å². The molecule has 0 saturated carbocycles.